The molecule has 90 valence electrons. The van der Waals surface area contributed by atoms with Crippen LogP contribution in [-0.4, -0.2) is 34.1 Å². The van der Waals surface area contributed by atoms with E-state index in [4.69, 9.17) is 5.73 Å². The Morgan fingerprint density at radius 2 is 2.24 bits per heavy atom. The SMILES string of the molecule is Nc1nonc1C(=O)NC1CCC(=O)NC1=O. The number of aromatic nitrogens is 2. The molecule has 1 fully saturated rings. The summed E-state index contributed by atoms with van der Waals surface area (Å²) in [6.07, 6.45) is 0.408. The van der Waals surface area contributed by atoms with Crippen molar-refractivity contribution in [3.63, 3.8) is 0 Å². The molecule has 3 amide bonds. The number of hydrogen-bond acceptors (Lipinski definition) is 7. The normalized spacial score (nSPS) is 19.9. The lowest BCUT2D eigenvalue weighted by Gasteiger charge is -2.21. The molecule has 0 saturated carbocycles. The first kappa shape index (κ1) is 11.0. The summed E-state index contributed by atoms with van der Waals surface area (Å²) in [5.41, 5.74) is 5.13. The second-order valence-electron chi connectivity index (χ2n) is 3.48. The molecule has 1 unspecified atom stereocenters. The lowest BCUT2D eigenvalue weighted by molar-refractivity contribution is -0.134. The van der Waals surface area contributed by atoms with Gasteiger partial charge < -0.3 is 11.1 Å². The molecule has 2 rings (SSSR count). The molecule has 9 nitrogen and oxygen atoms in total. The van der Waals surface area contributed by atoms with Gasteiger partial charge in [-0.05, 0) is 16.7 Å². The van der Waals surface area contributed by atoms with Crippen molar-refractivity contribution in [2.45, 2.75) is 18.9 Å². The monoisotopic (exact) mass is 239 g/mol. The standard InChI is InChI=1S/C8H9N5O4/c9-6-5(12-17-13-6)8(16)10-3-1-2-4(14)11-7(3)15/h3H,1-2H2,(H2,9,13)(H,10,16)(H,11,14,15). The number of amides is 3. The van der Waals surface area contributed by atoms with Gasteiger partial charge in [-0.25, -0.2) is 4.63 Å². The van der Waals surface area contributed by atoms with Crippen LogP contribution in [0.5, 0.6) is 0 Å². The van der Waals surface area contributed by atoms with Crippen LogP contribution in [0.4, 0.5) is 5.82 Å². The molecule has 9 heteroatoms. The maximum absolute atomic E-state index is 11.6. The molecule has 1 atom stereocenters. The summed E-state index contributed by atoms with van der Waals surface area (Å²) in [6.45, 7) is 0. The molecule has 0 bridgehead atoms. The zero-order valence-electron chi connectivity index (χ0n) is 8.60. The number of carbonyl (C=O) groups is 3. The predicted octanol–water partition coefficient (Wildman–Crippen LogP) is -1.81. The number of nitrogens with two attached hydrogens (primary N) is 1. The molecular formula is C8H9N5O4. The van der Waals surface area contributed by atoms with Crippen molar-refractivity contribution >= 4 is 23.5 Å². The fourth-order valence-corrected chi connectivity index (χ4v) is 1.41. The molecule has 1 aliphatic heterocycles. The van der Waals surface area contributed by atoms with Crippen LogP contribution in [0.3, 0.4) is 0 Å². The molecule has 1 aliphatic rings. The van der Waals surface area contributed by atoms with E-state index in [9.17, 15) is 14.4 Å². The van der Waals surface area contributed by atoms with E-state index in [1.807, 2.05) is 0 Å². The van der Waals surface area contributed by atoms with Gasteiger partial charge in [-0.2, -0.15) is 0 Å². The van der Waals surface area contributed by atoms with E-state index in [0.29, 0.717) is 0 Å². The van der Waals surface area contributed by atoms with Gasteiger partial charge in [0.1, 0.15) is 6.04 Å². The summed E-state index contributed by atoms with van der Waals surface area (Å²) < 4.78 is 4.26. The third-order valence-corrected chi connectivity index (χ3v) is 2.27. The van der Waals surface area contributed by atoms with Crippen molar-refractivity contribution in [1.82, 2.24) is 20.9 Å². The molecule has 2 heterocycles. The maximum atomic E-state index is 11.6. The van der Waals surface area contributed by atoms with Gasteiger partial charge in [0.25, 0.3) is 5.91 Å². The third kappa shape index (κ3) is 2.22. The lowest BCUT2D eigenvalue weighted by Crippen LogP contribution is -2.52. The number of rotatable bonds is 2. The van der Waals surface area contributed by atoms with E-state index in [1.54, 1.807) is 0 Å². The Balaban J connectivity index is 2.02. The number of nitrogen functional groups attached to an aromatic ring is 1. The van der Waals surface area contributed by atoms with Crippen molar-refractivity contribution < 1.29 is 19.0 Å². The average Bonchev–Trinajstić information content (AvgIpc) is 2.68. The van der Waals surface area contributed by atoms with Crippen LogP contribution in [0.2, 0.25) is 0 Å². The molecule has 1 aromatic heterocycles. The number of piperidine rings is 1. The maximum Gasteiger partial charge on any atom is 0.278 e. The molecule has 17 heavy (non-hydrogen) atoms. The van der Waals surface area contributed by atoms with Crippen LogP contribution >= 0.6 is 0 Å². The Morgan fingerprint density at radius 3 is 2.82 bits per heavy atom. The highest BCUT2D eigenvalue weighted by Gasteiger charge is 2.29. The van der Waals surface area contributed by atoms with Crippen LogP contribution < -0.4 is 16.4 Å². The van der Waals surface area contributed by atoms with E-state index < -0.39 is 17.9 Å². The van der Waals surface area contributed by atoms with E-state index in [2.05, 4.69) is 25.6 Å². The van der Waals surface area contributed by atoms with Gasteiger partial charge in [0.15, 0.2) is 0 Å². The lowest BCUT2D eigenvalue weighted by atomic mass is 10.1. The van der Waals surface area contributed by atoms with Crippen LogP contribution in [-0.2, 0) is 9.59 Å². The van der Waals surface area contributed by atoms with Crippen LogP contribution in [0.25, 0.3) is 0 Å². The van der Waals surface area contributed by atoms with E-state index in [0.717, 1.165) is 0 Å². The molecule has 0 aromatic carbocycles. The van der Waals surface area contributed by atoms with Gasteiger partial charge in [0.2, 0.25) is 23.3 Å². The van der Waals surface area contributed by atoms with Gasteiger partial charge in [0.05, 0.1) is 0 Å². The van der Waals surface area contributed by atoms with Crippen molar-refractivity contribution in [1.29, 1.82) is 0 Å². The van der Waals surface area contributed by atoms with E-state index >= 15 is 0 Å². The highest BCUT2D eigenvalue weighted by molar-refractivity contribution is 6.04. The van der Waals surface area contributed by atoms with Gasteiger partial charge >= 0.3 is 0 Å². The Kier molecular flexibility index (Phi) is 2.73. The zero-order valence-corrected chi connectivity index (χ0v) is 8.60. The van der Waals surface area contributed by atoms with Crippen molar-refractivity contribution in [3.05, 3.63) is 5.69 Å². The number of hydrogen-bond donors (Lipinski definition) is 3. The summed E-state index contributed by atoms with van der Waals surface area (Å²) in [7, 11) is 0. The Morgan fingerprint density at radius 1 is 1.47 bits per heavy atom. The molecule has 0 spiro atoms. The minimum Gasteiger partial charge on any atom is -0.379 e. The predicted molar refractivity (Wildman–Crippen MR) is 52.3 cm³/mol. The quantitative estimate of drug-likeness (QED) is 0.516. The first-order valence-electron chi connectivity index (χ1n) is 4.80. The summed E-state index contributed by atoms with van der Waals surface area (Å²) in [5.74, 6) is -1.74. The highest BCUT2D eigenvalue weighted by atomic mass is 16.6. The second kappa shape index (κ2) is 4.20. The fraction of sp³-hybridized carbons (Fsp3) is 0.375. The summed E-state index contributed by atoms with van der Waals surface area (Å²) in [4.78, 5) is 33.8. The third-order valence-electron chi connectivity index (χ3n) is 2.27. The number of imide groups is 1. The van der Waals surface area contributed by atoms with Crippen LogP contribution in [0, 0.1) is 0 Å². The van der Waals surface area contributed by atoms with Crippen molar-refractivity contribution in [2.24, 2.45) is 0 Å². The molecule has 0 radical (unpaired) electrons. The largest absolute Gasteiger partial charge is 0.379 e. The summed E-state index contributed by atoms with van der Waals surface area (Å²) in [6, 6.07) is -0.781. The molecule has 4 N–H and O–H groups in total. The topological polar surface area (TPSA) is 140 Å². The molecule has 1 aromatic rings. The van der Waals surface area contributed by atoms with Gasteiger partial charge in [-0.15, -0.1) is 0 Å². The number of nitrogens with zero attached hydrogens (tertiary/aromatic N) is 2. The Hall–Kier alpha value is -2.45. The first-order chi connectivity index (χ1) is 8.08. The number of anilines is 1. The molecular weight excluding hydrogens is 230 g/mol. The smallest absolute Gasteiger partial charge is 0.278 e. The Labute approximate surface area is 94.7 Å². The second-order valence-corrected chi connectivity index (χ2v) is 3.48. The summed E-state index contributed by atoms with van der Waals surface area (Å²) >= 11 is 0. The summed E-state index contributed by atoms with van der Waals surface area (Å²) in [5, 5.41) is 11.0. The van der Waals surface area contributed by atoms with Crippen molar-refractivity contribution in [3.8, 4) is 0 Å². The molecule has 1 saturated heterocycles. The van der Waals surface area contributed by atoms with Crippen molar-refractivity contribution in [2.75, 3.05) is 5.73 Å². The van der Waals surface area contributed by atoms with Crippen LogP contribution in [0.15, 0.2) is 4.63 Å². The highest BCUT2D eigenvalue weighted by Crippen LogP contribution is 2.08. The fourth-order valence-electron chi connectivity index (χ4n) is 1.41. The Bertz CT molecular complexity index is 482. The number of carbonyl (C=O) groups excluding carboxylic acids is 3. The minimum atomic E-state index is -0.781. The first-order valence-corrected chi connectivity index (χ1v) is 4.80. The molecule has 0 aliphatic carbocycles. The van der Waals surface area contributed by atoms with Gasteiger partial charge in [-0.3, -0.25) is 19.7 Å². The van der Waals surface area contributed by atoms with E-state index in [1.165, 1.54) is 0 Å². The number of nitrogens with one attached hydrogen (secondary N) is 2. The zero-order chi connectivity index (χ0) is 12.4. The van der Waals surface area contributed by atoms with Gasteiger partial charge in [-0.1, -0.05) is 0 Å². The van der Waals surface area contributed by atoms with E-state index in [-0.39, 0.29) is 30.3 Å². The van der Waals surface area contributed by atoms with Gasteiger partial charge in [0, 0.05) is 6.42 Å². The minimum absolute atomic E-state index is 0.158. The average molecular weight is 239 g/mol. The van der Waals surface area contributed by atoms with Crippen LogP contribution in [0.1, 0.15) is 23.3 Å².